The molecular formula is C13H28N2O2. The Morgan fingerprint density at radius 3 is 2.18 bits per heavy atom. The predicted molar refractivity (Wildman–Crippen MR) is 70.5 cm³/mol. The standard InChI is InChI=1S/C13H28N2O2/c1-13(2,3)8-6-4-5-7-12(16)17-11(9-14)10-15/h11H,4-10,14-15H2,1-3H3. The number of carbonyl (C=O) groups is 1. The van der Waals surface area contributed by atoms with Gasteiger partial charge in [-0.2, -0.15) is 0 Å². The summed E-state index contributed by atoms with van der Waals surface area (Å²) >= 11 is 0. The molecule has 0 heterocycles. The molecule has 0 aliphatic rings. The molecule has 4 heteroatoms. The number of hydrogen-bond donors (Lipinski definition) is 2. The lowest BCUT2D eigenvalue weighted by atomic mass is 9.89. The Hall–Kier alpha value is -0.610. The lowest BCUT2D eigenvalue weighted by molar-refractivity contribution is -0.148. The third-order valence-corrected chi connectivity index (χ3v) is 2.63. The number of carbonyl (C=O) groups excluding carboxylic acids is 1. The molecule has 0 aromatic carbocycles. The van der Waals surface area contributed by atoms with E-state index in [1.807, 2.05) is 0 Å². The van der Waals surface area contributed by atoms with Gasteiger partial charge in [0, 0.05) is 19.5 Å². The smallest absolute Gasteiger partial charge is 0.306 e. The van der Waals surface area contributed by atoms with Crippen LogP contribution in [0.1, 0.15) is 52.9 Å². The molecule has 0 amide bonds. The number of unbranched alkanes of at least 4 members (excludes halogenated alkanes) is 2. The molecule has 0 bridgehead atoms. The van der Waals surface area contributed by atoms with Gasteiger partial charge in [-0.3, -0.25) is 4.79 Å². The van der Waals surface area contributed by atoms with E-state index in [1.54, 1.807) is 0 Å². The van der Waals surface area contributed by atoms with Crippen molar-refractivity contribution in [3.8, 4) is 0 Å². The number of nitrogens with two attached hydrogens (primary N) is 2. The van der Waals surface area contributed by atoms with Crippen molar-refractivity contribution in [3.05, 3.63) is 0 Å². The summed E-state index contributed by atoms with van der Waals surface area (Å²) in [6.45, 7) is 7.29. The van der Waals surface area contributed by atoms with Gasteiger partial charge in [-0.25, -0.2) is 0 Å². The second-order valence-corrected chi connectivity index (χ2v) is 5.70. The largest absolute Gasteiger partial charge is 0.460 e. The predicted octanol–water partition coefficient (Wildman–Crippen LogP) is 1.81. The highest BCUT2D eigenvalue weighted by atomic mass is 16.5. The zero-order chi connectivity index (χ0) is 13.3. The summed E-state index contributed by atoms with van der Waals surface area (Å²) in [6, 6.07) is 0. The molecule has 0 atom stereocenters. The Bertz CT molecular complexity index is 208. The maximum absolute atomic E-state index is 11.4. The number of rotatable bonds is 8. The van der Waals surface area contributed by atoms with Crippen LogP contribution < -0.4 is 11.5 Å². The van der Waals surface area contributed by atoms with E-state index < -0.39 is 0 Å². The molecule has 0 radical (unpaired) electrons. The molecule has 0 saturated carbocycles. The molecule has 0 aliphatic carbocycles. The third kappa shape index (κ3) is 10.3. The Labute approximate surface area is 105 Å². The minimum atomic E-state index is -0.322. The SMILES string of the molecule is CC(C)(C)CCCCCC(=O)OC(CN)CN. The Kier molecular flexibility index (Phi) is 8.17. The van der Waals surface area contributed by atoms with Crippen LogP contribution in [0.15, 0.2) is 0 Å². The van der Waals surface area contributed by atoms with Crippen molar-refractivity contribution in [1.29, 1.82) is 0 Å². The average molecular weight is 244 g/mol. The van der Waals surface area contributed by atoms with Gasteiger partial charge in [0.05, 0.1) is 0 Å². The highest BCUT2D eigenvalue weighted by Gasteiger charge is 2.12. The fourth-order valence-corrected chi connectivity index (χ4v) is 1.54. The lowest BCUT2D eigenvalue weighted by Gasteiger charge is -2.17. The first-order valence-electron chi connectivity index (χ1n) is 6.48. The van der Waals surface area contributed by atoms with Crippen LogP contribution in [0, 0.1) is 5.41 Å². The molecule has 0 fully saturated rings. The van der Waals surface area contributed by atoms with Gasteiger partial charge in [0.25, 0.3) is 0 Å². The van der Waals surface area contributed by atoms with Gasteiger partial charge >= 0.3 is 5.97 Å². The summed E-state index contributed by atoms with van der Waals surface area (Å²) in [7, 11) is 0. The highest BCUT2D eigenvalue weighted by molar-refractivity contribution is 5.69. The fourth-order valence-electron chi connectivity index (χ4n) is 1.54. The number of esters is 1. The van der Waals surface area contributed by atoms with Crippen LogP contribution in [-0.2, 0) is 9.53 Å². The van der Waals surface area contributed by atoms with Gasteiger partial charge in [0.2, 0.25) is 0 Å². The molecule has 0 aliphatic heterocycles. The first-order valence-corrected chi connectivity index (χ1v) is 6.48. The third-order valence-electron chi connectivity index (χ3n) is 2.63. The Morgan fingerprint density at radius 2 is 1.71 bits per heavy atom. The lowest BCUT2D eigenvalue weighted by Crippen LogP contribution is -2.33. The summed E-state index contributed by atoms with van der Waals surface area (Å²) < 4.78 is 5.11. The van der Waals surface area contributed by atoms with E-state index in [4.69, 9.17) is 16.2 Å². The molecule has 0 rings (SSSR count). The van der Waals surface area contributed by atoms with Gasteiger partial charge in [0.1, 0.15) is 6.10 Å². The van der Waals surface area contributed by atoms with Gasteiger partial charge in [-0.05, 0) is 18.3 Å². The molecule has 0 unspecified atom stereocenters. The zero-order valence-corrected chi connectivity index (χ0v) is 11.5. The Morgan fingerprint density at radius 1 is 1.12 bits per heavy atom. The summed E-state index contributed by atoms with van der Waals surface area (Å²) in [6.07, 6.45) is 4.46. The first kappa shape index (κ1) is 16.4. The molecular weight excluding hydrogens is 216 g/mol. The second kappa shape index (κ2) is 8.48. The zero-order valence-electron chi connectivity index (χ0n) is 11.5. The minimum Gasteiger partial charge on any atom is -0.460 e. The second-order valence-electron chi connectivity index (χ2n) is 5.70. The van der Waals surface area contributed by atoms with Crippen molar-refractivity contribution in [2.24, 2.45) is 16.9 Å². The molecule has 0 spiro atoms. The van der Waals surface area contributed by atoms with Crippen LogP contribution >= 0.6 is 0 Å². The normalized spacial score (nSPS) is 11.9. The quantitative estimate of drug-likeness (QED) is 0.504. The van der Waals surface area contributed by atoms with Gasteiger partial charge in [0.15, 0.2) is 0 Å². The summed E-state index contributed by atoms with van der Waals surface area (Å²) in [4.78, 5) is 11.4. The summed E-state index contributed by atoms with van der Waals surface area (Å²) in [5.74, 6) is -0.179. The van der Waals surface area contributed by atoms with Crippen LogP contribution in [0.5, 0.6) is 0 Å². The summed E-state index contributed by atoms with van der Waals surface area (Å²) in [5.41, 5.74) is 11.2. The van der Waals surface area contributed by atoms with Crippen molar-refractivity contribution in [1.82, 2.24) is 0 Å². The minimum absolute atomic E-state index is 0.179. The van der Waals surface area contributed by atoms with Crippen molar-refractivity contribution in [2.45, 2.75) is 59.0 Å². The maximum Gasteiger partial charge on any atom is 0.306 e. The molecule has 102 valence electrons. The van der Waals surface area contributed by atoms with Crippen LogP contribution in [0.2, 0.25) is 0 Å². The topological polar surface area (TPSA) is 78.3 Å². The highest BCUT2D eigenvalue weighted by Crippen LogP contribution is 2.22. The van der Waals surface area contributed by atoms with E-state index in [2.05, 4.69) is 20.8 Å². The van der Waals surface area contributed by atoms with Crippen molar-refractivity contribution < 1.29 is 9.53 Å². The van der Waals surface area contributed by atoms with Gasteiger partial charge in [-0.1, -0.05) is 33.6 Å². The van der Waals surface area contributed by atoms with Crippen LogP contribution in [0.3, 0.4) is 0 Å². The monoisotopic (exact) mass is 244 g/mol. The molecule has 17 heavy (non-hydrogen) atoms. The van der Waals surface area contributed by atoms with E-state index in [1.165, 1.54) is 6.42 Å². The van der Waals surface area contributed by atoms with E-state index in [-0.39, 0.29) is 12.1 Å². The van der Waals surface area contributed by atoms with Crippen LogP contribution in [-0.4, -0.2) is 25.2 Å². The first-order chi connectivity index (χ1) is 7.89. The number of ether oxygens (including phenoxy) is 1. The van der Waals surface area contributed by atoms with Crippen molar-refractivity contribution >= 4 is 5.97 Å². The van der Waals surface area contributed by atoms with E-state index in [0.29, 0.717) is 24.9 Å². The van der Waals surface area contributed by atoms with E-state index in [0.717, 1.165) is 19.3 Å². The molecule has 4 nitrogen and oxygen atoms in total. The fraction of sp³-hybridized carbons (Fsp3) is 0.923. The van der Waals surface area contributed by atoms with E-state index in [9.17, 15) is 4.79 Å². The molecule has 0 aromatic rings. The summed E-state index contributed by atoms with van der Waals surface area (Å²) in [5, 5.41) is 0. The Balaban J connectivity index is 3.52. The van der Waals surface area contributed by atoms with Crippen molar-refractivity contribution in [3.63, 3.8) is 0 Å². The van der Waals surface area contributed by atoms with Crippen molar-refractivity contribution in [2.75, 3.05) is 13.1 Å². The van der Waals surface area contributed by atoms with Crippen LogP contribution in [0.4, 0.5) is 0 Å². The van der Waals surface area contributed by atoms with Gasteiger partial charge in [-0.15, -0.1) is 0 Å². The molecule has 4 N–H and O–H groups in total. The van der Waals surface area contributed by atoms with E-state index >= 15 is 0 Å². The molecule has 0 saturated heterocycles. The average Bonchev–Trinajstić information content (AvgIpc) is 2.23. The number of hydrogen-bond acceptors (Lipinski definition) is 4. The molecule has 0 aromatic heterocycles. The van der Waals surface area contributed by atoms with Gasteiger partial charge < -0.3 is 16.2 Å². The van der Waals surface area contributed by atoms with Crippen LogP contribution in [0.25, 0.3) is 0 Å². The maximum atomic E-state index is 11.4.